The van der Waals surface area contributed by atoms with Crippen LogP contribution in [-0.2, 0) is 14.3 Å². The third-order valence-electron chi connectivity index (χ3n) is 3.17. The third kappa shape index (κ3) is 3.10. The van der Waals surface area contributed by atoms with Crippen LogP contribution in [0.3, 0.4) is 0 Å². The monoisotopic (exact) mass is 269 g/mol. The van der Waals surface area contributed by atoms with E-state index in [2.05, 4.69) is 5.32 Å². The van der Waals surface area contributed by atoms with Crippen LogP contribution in [0.5, 0.6) is 0 Å². The van der Waals surface area contributed by atoms with Gasteiger partial charge in [-0.1, -0.05) is 0 Å². The second-order valence-corrected chi connectivity index (χ2v) is 5.42. The second-order valence-electron chi connectivity index (χ2n) is 4.47. The zero-order valence-corrected chi connectivity index (χ0v) is 11.6. The van der Waals surface area contributed by atoms with Gasteiger partial charge in [0.1, 0.15) is 6.04 Å². The molecule has 1 N–H and O–H groups in total. The third-order valence-corrected chi connectivity index (χ3v) is 4.26. The van der Waals surface area contributed by atoms with E-state index in [-0.39, 0.29) is 18.1 Å². The Bertz CT molecular complexity index is 399. The summed E-state index contributed by atoms with van der Waals surface area (Å²) < 4.78 is 10.4. The average molecular weight is 269 g/mol. The van der Waals surface area contributed by atoms with E-state index < -0.39 is 0 Å². The van der Waals surface area contributed by atoms with Gasteiger partial charge in [-0.2, -0.15) is 0 Å². The fourth-order valence-electron chi connectivity index (χ4n) is 2.14. The van der Waals surface area contributed by atoms with Crippen molar-refractivity contribution in [2.24, 2.45) is 0 Å². The smallest absolute Gasteiger partial charge is 0.328 e. The van der Waals surface area contributed by atoms with Crippen LogP contribution in [0.2, 0.25) is 0 Å². The van der Waals surface area contributed by atoms with Crippen LogP contribution in [0.25, 0.3) is 0 Å². The molecule has 18 heavy (non-hydrogen) atoms. The molecule has 4 nitrogen and oxygen atoms in total. The number of carbonyl (C=O) groups excluding carboxylic acids is 1. The Kier molecular flexibility index (Phi) is 4.74. The molecule has 5 heteroatoms. The van der Waals surface area contributed by atoms with Crippen LogP contribution in [0, 0.1) is 6.92 Å². The molecule has 0 aromatic carbocycles. The Morgan fingerprint density at radius 1 is 1.72 bits per heavy atom. The fourth-order valence-corrected chi connectivity index (χ4v) is 3.12. The van der Waals surface area contributed by atoms with Gasteiger partial charge in [-0.3, -0.25) is 5.32 Å². The largest absolute Gasteiger partial charge is 0.468 e. The minimum Gasteiger partial charge on any atom is -0.468 e. The van der Waals surface area contributed by atoms with E-state index in [4.69, 9.17) is 9.47 Å². The zero-order chi connectivity index (χ0) is 13.0. The number of hydrogen-bond acceptors (Lipinski definition) is 5. The molecule has 0 radical (unpaired) electrons. The lowest BCUT2D eigenvalue weighted by Crippen LogP contribution is -2.35. The Labute approximate surface area is 111 Å². The molecule has 2 unspecified atom stereocenters. The van der Waals surface area contributed by atoms with E-state index in [1.807, 2.05) is 18.4 Å². The van der Waals surface area contributed by atoms with Crippen LogP contribution in [0.15, 0.2) is 11.4 Å². The lowest BCUT2D eigenvalue weighted by Gasteiger charge is -2.18. The molecule has 1 aromatic heterocycles. The van der Waals surface area contributed by atoms with E-state index in [0.29, 0.717) is 6.54 Å². The van der Waals surface area contributed by atoms with Crippen molar-refractivity contribution in [2.45, 2.75) is 31.9 Å². The number of esters is 1. The Hall–Kier alpha value is -0.910. The maximum Gasteiger partial charge on any atom is 0.328 e. The molecule has 1 aromatic rings. The van der Waals surface area contributed by atoms with Crippen LogP contribution in [0.1, 0.15) is 29.3 Å². The van der Waals surface area contributed by atoms with Crippen LogP contribution in [0.4, 0.5) is 0 Å². The molecule has 1 aliphatic heterocycles. The number of ether oxygens (including phenoxy) is 2. The highest BCUT2D eigenvalue weighted by molar-refractivity contribution is 7.10. The number of carbonyl (C=O) groups is 1. The second kappa shape index (κ2) is 6.31. The van der Waals surface area contributed by atoms with Gasteiger partial charge in [-0.25, -0.2) is 4.79 Å². The van der Waals surface area contributed by atoms with Gasteiger partial charge >= 0.3 is 5.97 Å². The predicted molar refractivity (Wildman–Crippen MR) is 70.8 cm³/mol. The minimum atomic E-state index is -0.376. The first-order valence-corrected chi connectivity index (χ1v) is 7.07. The van der Waals surface area contributed by atoms with Crippen molar-refractivity contribution in [3.63, 3.8) is 0 Å². The van der Waals surface area contributed by atoms with Gasteiger partial charge < -0.3 is 9.47 Å². The lowest BCUT2D eigenvalue weighted by atomic mass is 10.1. The molecule has 1 aliphatic rings. The summed E-state index contributed by atoms with van der Waals surface area (Å²) in [7, 11) is 1.42. The highest BCUT2D eigenvalue weighted by atomic mass is 32.1. The van der Waals surface area contributed by atoms with Crippen molar-refractivity contribution in [1.29, 1.82) is 0 Å². The first-order valence-electron chi connectivity index (χ1n) is 6.19. The molecule has 0 saturated carbocycles. The van der Waals surface area contributed by atoms with E-state index in [9.17, 15) is 4.79 Å². The van der Waals surface area contributed by atoms with E-state index in [1.165, 1.54) is 7.11 Å². The molecule has 1 fully saturated rings. The molecule has 2 heterocycles. The quantitative estimate of drug-likeness (QED) is 0.831. The first kappa shape index (κ1) is 13.5. The van der Waals surface area contributed by atoms with E-state index in [1.54, 1.807) is 11.3 Å². The first-order chi connectivity index (χ1) is 8.72. The van der Waals surface area contributed by atoms with Gasteiger partial charge in [0.25, 0.3) is 0 Å². The Balaban J connectivity index is 2.01. The lowest BCUT2D eigenvalue weighted by molar-refractivity contribution is -0.143. The van der Waals surface area contributed by atoms with Gasteiger partial charge in [0, 0.05) is 18.0 Å². The van der Waals surface area contributed by atoms with Gasteiger partial charge in [-0.15, -0.1) is 11.3 Å². The maximum absolute atomic E-state index is 11.8. The van der Waals surface area contributed by atoms with E-state index >= 15 is 0 Å². The number of thiophene rings is 1. The standard InChI is InChI=1S/C13H19NO3S/c1-9-5-7-18-12(9)11(13(15)16-2)14-8-10-4-3-6-17-10/h5,7,10-11,14H,3-4,6,8H2,1-2H3. The fraction of sp³-hybridized carbons (Fsp3) is 0.615. The van der Waals surface area contributed by atoms with E-state index in [0.717, 1.165) is 29.9 Å². The predicted octanol–water partition coefficient (Wildman–Crippen LogP) is 2.04. The van der Waals surface area contributed by atoms with Gasteiger partial charge in [0.05, 0.1) is 13.2 Å². The molecular formula is C13H19NO3S. The maximum atomic E-state index is 11.8. The van der Waals surface area contributed by atoms with Crippen molar-refractivity contribution in [3.05, 3.63) is 21.9 Å². The number of hydrogen-bond donors (Lipinski definition) is 1. The zero-order valence-electron chi connectivity index (χ0n) is 10.8. The Morgan fingerprint density at radius 2 is 2.56 bits per heavy atom. The van der Waals surface area contributed by atoms with Gasteiger partial charge in [0.2, 0.25) is 0 Å². The van der Waals surface area contributed by atoms with Crippen molar-refractivity contribution < 1.29 is 14.3 Å². The number of rotatable bonds is 5. The van der Waals surface area contributed by atoms with Gasteiger partial charge in [0.15, 0.2) is 0 Å². The van der Waals surface area contributed by atoms with Gasteiger partial charge in [-0.05, 0) is 36.8 Å². The summed E-state index contributed by atoms with van der Waals surface area (Å²) in [6.45, 7) is 3.53. The summed E-state index contributed by atoms with van der Waals surface area (Å²) >= 11 is 1.58. The van der Waals surface area contributed by atoms with Crippen LogP contribution >= 0.6 is 11.3 Å². The van der Waals surface area contributed by atoms with Crippen molar-refractivity contribution in [1.82, 2.24) is 5.32 Å². The summed E-state index contributed by atoms with van der Waals surface area (Å²) in [6, 6.07) is 1.64. The summed E-state index contributed by atoms with van der Waals surface area (Å²) in [4.78, 5) is 12.9. The van der Waals surface area contributed by atoms with Crippen LogP contribution < -0.4 is 5.32 Å². The molecule has 0 amide bonds. The summed E-state index contributed by atoms with van der Waals surface area (Å²) in [5.74, 6) is -0.237. The Morgan fingerprint density at radius 3 is 3.11 bits per heavy atom. The van der Waals surface area contributed by atoms with Crippen LogP contribution in [-0.4, -0.2) is 32.3 Å². The highest BCUT2D eigenvalue weighted by Gasteiger charge is 2.26. The summed E-state index contributed by atoms with van der Waals surface area (Å²) in [6.07, 6.45) is 2.38. The highest BCUT2D eigenvalue weighted by Crippen LogP contribution is 2.25. The summed E-state index contributed by atoms with van der Waals surface area (Å²) in [5, 5.41) is 5.26. The molecule has 1 saturated heterocycles. The molecule has 2 rings (SSSR count). The molecule has 100 valence electrons. The topological polar surface area (TPSA) is 47.6 Å². The normalized spacial score (nSPS) is 20.9. The molecule has 2 atom stereocenters. The number of nitrogens with one attached hydrogen (secondary N) is 1. The number of aryl methyl sites for hydroxylation is 1. The summed E-state index contributed by atoms with van der Waals surface area (Å²) in [5.41, 5.74) is 1.12. The average Bonchev–Trinajstić information content (AvgIpc) is 3.01. The molecular weight excluding hydrogens is 250 g/mol. The van der Waals surface area contributed by atoms with Crippen molar-refractivity contribution >= 4 is 17.3 Å². The van der Waals surface area contributed by atoms with Crippen molar-refractivity contribution in [2.75, 3.05) is 20.3 Å². The molecule has 0 spiro atoms. The van der Waals surface area contributed by atoms with Crippen molar-refractivity contribution in [3.8, 4) is 0 Å². The molecule has 0 bridgehead atoms. The minimum absolute atomic E-state index is 0.220. The SMILES string of the molecule is COC(=O)C(NCC1CCCO1)c1sccc1C. The number of methoxy groups -OCH3 is 1. The molecule has 0 aliphatic carbocycles.